The number of aliphatic carboxylic acids is 1. The fraction of sp³-hybridized carbons (Fsp3) is 0.393. The number of nitrogens with one attached hydrogen (secondary N) is 1. The van der Waals surface area contributed by atoms with Crippen LogP contribution in [0.2, 0.25) is 0 Å². The Morgan fingerprint density at radius 3 is 2.45 bits per heavy atom. The maximum atomic E-state index is 15.2. The molecule has 9 nitrogen and oxygen atoms in total. The molecule has 0 bridgehead atoms. The summed E-state index contributed by atoms with van der Waals surface area (Å²) in [7, 11) is 0. The molecule has 4 aromatic rings. The van der Waals surface area contributed by atoms with Gasteiger partial charge in [-0.3, -0.25) is 4.79 Å². The van der Waals surface area contributed by atoms with Crippen molar-refractivity contribution >= 4 is 23.0 Å². The second-order valence-electron chi connectivity index (χ2n) is 9.61. The summed E-state index contributed by atoms with van der Waals surface area (Å²) in [5, 5.41) is 8.97. The summed E-state index contributed by atoms with van der Waals surface area (Å²) in [5.74, 6) is 0.302. The molecule has 198 valence electrons. The molecule has 2 N–H and O–H groups in total. The van der Waals surface area contributed by atoms with Gasteiger partial charge in [0.2, 0.25) is 0 Å². The molecule has 0 aliphatic heterocycles. The number of carbonyl (C=O) groups is 1. The average molecular weight is 519 g/mol. The third-order valence-corrected chi connectivity index (χ3v) is 7.13. The highest BCUT2D eigenvalue weighted by molar-refractivity contribution is 5.78. The highest BCUT2D eigenvalue weighted by Gasteiger charge is 2.24. The first kappa shape index (κ1) is 25.6. The van der Waals surface area contributed by atoms with Crippen LogP contribution < -0.4 is 9.64 Å². The van der Waals surface area contributed by atoms with E-state index in [4.69, 9.17) is 9.84 Å². The smallest absolute Gasteiger partial charge is 0.316 e. The Kier molecular flexibility index (Phi) is 7.48. The number of anilines is 1. The van der Waals surface area contributed by atoms with E-state index in [0.717, 1.165) is 50.1 Å². The van der Waals surface area contributed by atoms with Crippen molar-refractivity contribution in [2.24, 2.45) is 5.92 Å². The quantitative estimate of drug-likeness (QED) is 0.299. The van der Waals surface area contributed by atoms with Crippen LogP contribution in [0, 0.1) is 11.7 Å². The largest absolute Gasteiger partial charge is 0.481 e. The maximum absolute atomic E-state index is 15.2. The summed E-state index contributed by atoms with van der Waals surface area (Å²) >= 11 is 0. The minimum absolute atomic E-state index is 0.0241. The fourth-order valence-corrected chi connectivity index (χ4v) is 5.00. The topological polar surface area (TPSA) is 117 Å². The predicted molar refractivity (Wildman–Crippen MR) is 142 cm³/mol. The second-order valence-corrected chi connectivity index (χ2v) is 9.61. The SMILES string of the molecule is CCN(CC)c1ccc2[nH]c(-c3ccc(-c4cnc(OC5CCC(CC(=O)O)CC5)nc4)cc3F)nc2n1. The van der Waals surface area contributed by atoms with Gasteiger partial charge in [-0.25, -0.2) is 24.3 Å². The maximum Gasteiger partial charge on any atom is 0.316 e. The van der Waals surface area contributed by atoms with Gasteiger partial charge in [-0.1, -0.05) is 6.07 Å². The van der Waals surface area contributed by atoms with Gasteiger partial charge in [0, 0.05) is 37.5 Å². The Hall–Kier alpha value is -4.08. The van der Waals surface area contributed by atoms with Gasteiger partial charge in [-0.05, 0) is 75.3 Å². The van der Waals surface area contributed by atoms with Gasteiger partial charge in [0.15, 0.2) is 5.65 Å². The Morgan fingerprint density at radius 1 is 1.05 bits per heavy atom. The standard InChI is InChI=1S/C28H31FN6O3/c1-3-35(4-2)24-12-11-23-27(33-24)34-26(32-23)21-10-7-18(14-22(21)29)19-15-30-28(31-16-19)38-20-8-5-17(6-9-20)13-25(36)37/h7,10-12,14-17,20H,3-6,8-9,13H2,1-2H3,(H,36,37)(H,32,33,34). The molecule has 1 fully saturated rings. The molecular formula is C28H31FN6O3. The Bertz CT molecular complexity index is 1410. The number of H-pyrrole nitrogens is 1. The molecule has 0 spiro atoms. The molecule has 1 aromatic carbocycles. The van der Waals surface area contributed by atoms with E-state index >= 15 is 4.39 Å². The van der Waals surface area contributed by atoms with Crippen molar-refractivity contribution in [2.75, 3.05) is 18.0 Å². The van der Waals surface area contributed by atoms with Crippen LogP contribution in [0.25, 0.3) is 33.7 Å². The zero-order chi connectivity index (χ0) is 26.6. The number of carboxylic acid groups (broad SMARTS) is 1. The molecule has 3 heterocycles. The monoisotopic (exact) mass is 518 g/mol. The Morgan fingerprint density at radius 2 is 1.79 bits per heavy atom. The lowest BCUT2D eigenvalue weighted by Crippen LogP contribution is -2.25. The van der Waals surface area contributed by atoms with Crippen LogP contribution in [0.5, 0.6) is 6.01 Å². The van der Waals surface area contributed by atoms with Crippen molar-refractivity contribution in [3.05, 3.63) is 48.5 Å². The van der Waals surface area contributed by atoms with E-state index in [1.54, 1.807) is 18.5 Å². The number of pyridine rings is 1. The molecule has 3 aromatic heterocycles. The van der Waals surface area contributed by atoms with Crippen LogP contribution >= 0.6 is 0 Å². The third-order valence-electron chi connectivity index (χ3n) is 7.13. The number of rotatable bonds is 9. The van der Waals surface area contributed by atoms with Crippen molar-refractivity contribution in [1.82, 2.24) is 24.9 Å². The van der Waals surface area contributed by atoms with Crippen LogP contribution in [0.4, 0.5) is 10.2 Å². The number of ether oxygens (including phenoxy) is 1. The first-order chi connectivity index (χ1) is 18.4. The van der Waals surface area contributed by atoms with Crippen molar-refractivity contribution in [1.29, 1.82) is 0 Å². The number of imidazole rings is 1. The highest BCUT2D eigenvalue weighted by atomic mass is 19.1. The lowest BCUT2D eigenvalue weighted by Gasteiger charge is -2.27. The molecule has 0 saturated heterocycles. The van der Waals surface area contributed by atoms with Gasteiger partial charge >= 0.3 is 12.0 Å². The minimum Gasteiger partial charge on any atom is -0.481 e. The first-order valence-electron chi connectivity index (χ1n) is 13.1. The molecule has 0 radical (unpaired) electrons. The number of hydrogen-bond donors (Lipinski definition) is 2. The summed E-state index contributed by atoms with van der Waals surface area (Å²) in [5.41, 5.74) is 2.97. The van der Waals surface area contributed by atoms with E-state index in [1.165, 1.54) is 6.07 Å². The zero-order valence-corrected chi connectivity index (χ0v) is 21.5. The number of aromatic amines is 1. The van der Waals surface area contributed by atoms with Gasteiger partial charge < -0.3 is 19.7 Å². The number of nitrogens with zero attached hydrogens (tertiary/aromatic N) is 5. The molecule has 5 rings (SSSR count). The summed E-state index contributed by atoms with van der Waals surface area (Å²) in [4.78, 5) is 34.0. The number of carboxylic acids is 1. The zero-order valence-electron chi connectivity index (χ0n) is 21.5. The van der Waals surface area contributed by atoms with E-state index < -0.39 is 11.8 Å². The van der Waals surface area contributed by atoms with Gasteiger partial charge in [-0.15, -0.1) is 0 Å². The number of halogens is 1. The second kappa shape index (κ2) is 11.1. The van der Waals surface area contributed by atoms with E-state index in [-0.39, 0.29) is 24.5 Å². The van der Waals surface area contributed by atoms with Crippen molar-refractivity contribution < 1.29 is 19.0 Å². The number of fused-ring (bicyclic) bond motifs is 1. The Balaban J connectivity index is 1.27. The normalized spacial score (nSPS) is 17.4. The molecule has 0 unspecified atom stereocenters. The third kappa shape index (κ3) is 5.58. The van der Waals surface area contributed by atoms with Gasteiger partial charge in [0.25, 0.3) is 0 Å². The van der Waals surface area contributed by atoms with Crippen LogP contribution in [-0.4, -0.2) is 55.2 Å². The molecule has 1 aliphatic rings. The Labute approximate surface area is 220 Å². The molecule has 1 aliphatic carbocycles. The van der Waals surface area contributed by atoms with Gasteiger partial charge in [-0.2, -0.15) is 0 Å². The lowest BCUT2D eigenvalue weighted by atomic mass is 9.85. The van der Waals surface area contributed by atoms with Crippen LogP contribution in [0.1, 0.15) is 46.0 Å². The highest BCUT2D eigenvalue weighted by Crippen LogP contribution is 2.30. The van der Waals surface area contributed by atoms with E-state index in [9.17, 15) is 4.79 Å². The minimum atomic E-state index is -0.753. The molecule has 38 heavy (non-hydrogen) atoms. The summed E-state index contributed by atoms with van der Waals surface area (Å²) in [6.07, 6.45) is 6.62. The first-order valence-corrected chi connectivity index (χ1v) is 13.1. The average Bonchev–Trinajstić information content (AvgIpc) is 3.34. The number of benzene rings is 1. The van der Waals surface area contributed by atoms with Crippen molar-refractivity contribution in [3.63, 3.8) is 0 Å². The lowest BCUT2D eigenvalue weighted by molar-refractivity contribution is -0.138. The summed E-state index contributed by atoms with van der Waals surface area (Å²) < 4.78 is 21.1. The fourth-order valence-electron chi connectivity index (χ4n) is 5.00. The predicted octanol–water partition coefficient (Wildman–Crippen LogP) is 5.48. The summed E-state index contributed by atoms with van der Waals surface area (Å²) in [6, 6.07) is 9.07. The number of aromatic nitrogens is 5. The molecule has 0 amide bonds. The molecule has 0 atom stereocenters. The van der Waals surface area contributed by atoms with Crippen LogP contribution in [0.15, 0.2) is 42.7 Å². The molecule has 1 saturated carbocycles. The van der Waals surface area contributed by atoms with Crippen LogP contribution in [0.3, 0.4) is 0 Å². The van der Waals surface area contributed by atoms with E-state index in [0.29, 0.717) is 28.2 Å². The van der Waals surface area contributed by atoms with E-state index in [2.05, 4.69) is 43.7 Å². The number of hydrogen-bond acceptors (Lipinski definition) is 7. The van der Waals surface area contributed by atoms with Crippen LogP contribution in [-0.2, 0) is 4.79 Å². The van der Waals surface area contributed by atoms with Gasteiger partial charge in [0.1, 0.15) is 23.6 Å². The van der Waals surface area contributed by atoms with Crippen molar-refractivity contribution in [2.45, 2.75) is 52.1 Å². The summed E-state index contributed by atoms with van der Waals surface area (Å²) in [6.45, 7) is 5.83. The van der Waals surface area contributed by atoms with E-state index in [1.807, 2.05) is 18.2 Å². The van der Waals surface area contributed by atoms with Crippen molar-refractivity contribution in [3.8, 4) is 28.5 Å². The molecular weight excluding hydrogens is 487 g/mol. The van der Waals surface area contributed by atoms with Gasteiger partial charge in [0.05, 0.1) is 11.1 Å². The molecule has 10 heteroatoms.